The highest BCUT2D eigenvalue weighted by molar-refractivity contribution is 5.78. The number of likely N-dealkylation sites (tertiary alicyclic amines) is 1. The summed E-state index contributed by atoms with van der Waals surface area (Å²) in [4.78, 5) is 17.2. The number of carbonyl (C=O) groups is 1. The summed E-state index contributed by atoms with van der Waals surface area (Å²) < 4.78 is 10.9. The molecule has 150 valence electrons. The highest BCUT2D eigenvalue weighted by atomic mass is 16.5. The highest BCUT2D eigenvalue weighted by Crippen LogP contribution is 2.38. The maximum atomic E-state index is 13.0. The molecule has 1 unspecified atom stereocenters. The van der Waals surface area contributed by atoms with Gasteiger partial charge in [0.15, 0.2) is 0 Å². The number of rotatable bonds is 8. The largest absolute Gasteiger partial charge is 0.497 e. The van der Waals surface area contributed by atoms with Gasteiger partial charge in [-0.2, -0.15) is 0 Å². The van der Waals surface area contributed by atoms with E-state index in [2.05, 4.69) is 23.1 Å². The van der Waals surface area contributed by atoms with Crippen LogP contribution in [0.5, 0.6) is 11.5 Å². The predicted molar refractivity (Wildman–Crippen MR) is 111 cm³/mol. The number of nitrogens with zero attached hydrogens (tertiary/aromatic N) is 2. The van der Waals surface area contributed by atoms with Crippen molar-refractivity contribution in [1.29, 1.82) is 0 Å². The van der Waals surface area contributed by atoms with Gasteiger partial charge in [0.25, 0.3) is 0 Å². The van der Waals surface area contributed by atoms with Gasteiger partial charge in [-0.15, -0.1) is 0 Å². The highest BCUT2D eigenvalue weighted by Gasteiger charge is 2.30. The molecule has 1 heterocycles. The zero-order chi connectivity index (χ0) is 19.9. The lowest BCUT2D eigenvalue weighted by Crippen LogP contribution is -2.39. The van der Waals surface area contributed by atoms with Crippen LogP contribution in [0.25, 0.3) is 0 Å². The Balaban J connectivity index is 1.71. The van der Waals surface area contributed by atoms with Crippen molar-refractivity contribution in [3.63, 3.8) is 0 Å². The van der Waals surface area contributed by atoms with Crippen LogP contribution in [-0.4, -0.2) is 49.6 Å². The Bertz CT molecular complexity index is 779. The number of hydrogen-bond donors (Lipinski definition) is 0. The standard InChI is InChI=1S/C23H30N2O3/c1-4-24(16-18-9-6-5-7-10-18)23(26)17-25-14-8-11-21(25)20-13-12-19(27-2)15-22(20)28-3/h5-7,9-10,12-13,15,21H,4,8,11,14,16-17H2,1-3H3. The molecular weight excluding hydrogens is 352 g/mol. The predicted octanol–water partition coefficient (Wildman–Crippen LogP) is 3.89. The molecule has 2 aromatic carbocycles. The van der Waals surface area contributed by atoms with Crippen molar-refractivity contribution < 1.29 is 14.3 Å². The minimum absolute atomic E-state index is 0.172. The van der Waals surface area contributed by atoms with Gasteiger partial charge in [-0.25, -0.2) is 0 Å². The van der Waals surface area contributed by atoms with E-state index in [1.54, 1.807) is 14.2 Å². The molecule has 5 heteroatoms. The smallest absolute Gasteiger partial charge is 0.237 e. The van der Waals surface area contributed by atoms with Gasteiger partial charge in [0.05, 0.1) is 20.8 Å². The van der Waals surface area contributed by atoms with Gasteiger partial charge in [-0.3, -0.25) is 9.69 Å². The van der Waals surface area contributed by atoms with Crippen molar-refractivity contribution in [1.82, 2.24) is 9.80 Å². The second-order valence-corrected chi connectivity index (χ2v) is 7.13. The molecule has 2 aromatic rings. The lowest BCUT2D eigenvalue weighted by atomic mass is 10.0. The minimum Gasteiger partial charge on any atom is -0.497 e. The van der Waals surface area contributed by atoms with E-state index in [4.69, 9.17) is 9.47 Å². The van der Waals surface area contributed by atoms with Gasteiger partial charge < -0.3 is 14.4 Å². The van der Waals surface area contributed by atoms with E-state index < -0.39 is 0 Å². The lowest BCUT2D eigenvalue weighted by Gasteiger charge is -2.29. The van der Waals surface area contributed by atoms with Crippen LogP contribution in [0.3, 0.4) is 0 Å². The van der Waals surface area contributed by atoms with E-state index in [9.17, 15) is 4.79 Å². The third kappa shape index (κ3) is 4.65. The van der Waals surface area contributed by atoms with Crippen LogP contribution in [0.1, 0.15) is 36.9 Å². The molecular formula is C23H30N2O3. The number of ether oxygens (including phenoxy) is 2. The maximum Gasteiger partial charge on any atom is 0.237 e. The van der Waals surface area contributed by atoms with E-state index in [0.29, 0.717) is 19.6 Å². The van der Waals surface area contributed by atoms with E-state index in [1.165, 1.54) is 0 Å². The Morgan fingerprint density at radius 3 is 2.61 bits per heavy atom. The van der Waals surface area contributed by atoms with E-state index >= 15 is 0 Å². The molecule has 0 saturated carbocycles. The molecule has 0 radical (unpaired) electrons. The van der Waals surface area contributed by atoms with Crippen LogP contribution >= 0.6 is 0 Å². The Kier molecular flexibility index (Phi) is 6.93. The summed E-state index contributed by atoms with van der Waals surface area (Å²) in [7, 11) is 3.34. The topological polar surface area (TPSA) is 42.0 Å². The first-order valence-electron chi connectivity index (χ1n) is 9.94. The van der Waals surface area contributed by atoms with Crippen LogP contribution in [0.2, 0.25) is 0 Å². The van der Waals surface area contributed by atoms with Gasteiger partial charge in [-0.1, -0.05) is 36.4 Å². The Hall–Kier alpha value is -2.53. The number of hydrogen-bond acceptors (Lipinski definition) is 4. The first-order chi connectivity index (χ1) is 13.7. The summed E-state index contributed by atoms with van der Waals surface area (Å²) in [6.45, 7) is 4.75. The van der Waals surface area contributed by atoms with Gasteiger partial charge in [0.1, 0.15) is 11.5 Å². The van der Waals surface area contributed by atoms with Crippen LogP contribution in [0, 0.1) is 0 Å². The third-order valence-corrected chi connectivity index (χ3v) is 5.45. The fraction of sp³-hybridized carbons (Fsp3) is 0.435. The summed E-state index contributed by atoms with van der Waals surface area (Å²) >= 11 is 0. The molecule has 1 saturated heterocycles. The molecule has 0 aromatic heterocycles. The number of methoxy groups -OCH3 is 2. The van der Waals surface area contributed by atoms with Gasteiger partial charge in [-0.05, 0) is 37.9 Å². The second kappa shape index (κ2) is 9.60. The van der Waals surface area contributed by atoms with Crippen molar-refractivity contribution >= 4 is 5.91 Å². The summed E-state index contributed by atoms with van der Waals surface area (Å²) in [5, 5.41) is 0. The molecule has 1 aliphatic rings. The van der Waals surface area contributed by atoms with Crippen molar-refractivity contribution in [2.75, 3.05) is 33.9 Å². The average Bonchev–Trinajstić information content (AvgIpc) is 3.19. The molecule has 0 N–H and O–H groups in total. The monoisotopic (exact) mass is 382 g/mol. The summed E-state index contributed by atoms with van der Waals surface area (Å²) in [5.74, 6) is 1.77. The van der Waals surface area contributed by atoms with Crippen LogP contribution in [-0.2, 0) is 11.3 Å². The fourth-order valence-electron chi connectivity index (χ4n) is 3.92. The second-order valence-electron chi connectivity index (χ2n) is 7.13. The van der Waals surface area contributed by atoms with Gasteiger partial charge >= 0.3 is 0 Å². The Morgan fingerprint density at radius 2 is 1.93 bits per heavy atom. The SMILES string of the molecule is CCN(Cc1ccccc1)C(=O)CN1CCCC1c1ccc(OC)cc1OC. The van der Waals surface area contributed by atoms with E-state index in [-0.39, 0.29) is 11.9 Å². The van der Waals surface area contributed by atoms with Crippen LogP contribution in [0.15, 0.2) is 48.5 Å². The molecule has 1 amide bonds. The third-order valence-electron chi connectivity index (χ3n) is 5.45. The summed E-state index contributed by atoms with van der Waals surface area (Å²) in [6.07, 6.45) is 2.11. The minimum atomic E-state index is 0.172. The normalized spacial score (nSPS) is 16.8. The Morgan fingerprint density at radius 1 is 1.14 bits per heavy atom. The average molecular weight is 383 g/mol. The fourth-order valence-corrected chi connectivity index (χ4v) is 3.92. The molecule has 0 spiro atoms. The molecule has 3 rings (SSSR count). The molecule has 0 bridgehead atoms. The van der Waals surface area contributed by atoms with Crippen molar-refractivity contribution in [2.45, 2.75) is 32.4 Å². The number of likely N-dealkylation sites (N-methyl/N-ethyl adjacent to an activating group) is 1. The van der Waals surface area contributed by atoms with Gasteiger partial charge in [0, 0.05) is 30.8 Å². The Labute approximate surface area is 167 Å². The zero-order valence-corrected chi connectivity index (χ0v) is 17.1. The first kappa shape index (κ1) is 20.2. The van der Waals surface area contributed by atoms with Crippen molar-refractivity contribution in [3.8, 4) is 11.5 Å². The first-order valence-corrected chi connectivity index (χ1v) is 9.94. The summed E-state index contributed by atoms with van der Waals surface area (Å²) in [5.41, 5.74) is 2.28. The van der Waals surface area contributed by atoms with E-state index in [1.807, 2.05) is 42.2 Å². The van der Waals surface area contributed by atoms with Crippen molar-refractivity contribution in [2.24, 2.45) is 0 Å². The maximum absolute atomic E-state index is 13.0. The van der Waals surface area contributed by atoms with Gasteiger partial charge in [0.2, 0.25) is 5.91 Å². The molecule has 5 nitrogen and oxygen atoms in total. The van der Waals surface area contributed by atoms with Crippen LogP contribution < -0.4 is 9.47 Å². The molecule has 28 heavy (non-hydrogen) atoms. The van der Waals surface area contributed by atoms with Crippen molar-refractivity contribution in [3.05, 3.63) is 59.7 Å². The molecule has 0 aliphatic carbocycles. The van der Waals surface area contributed by atoms with E-state index in [0.717, 1.165) is 42.0 Å². The lowest BCUT2D eigenvalue weighted by molar-refractivity contribution is -0.133. The molecule has 1 aliphatic heterocycles. The molecule has 1 atom stereocenters. The number of benzene rings is 2. The number of amides is 1. The quantitative estimate of drug-likeness (QED) is 0.695. The van der Waals surface area contributed by atoms with Crippen LogP contribution in [0.4, 0.5) is 0 Å². The summed E-state index contributed by atoms with van der Waals surface area (Å²) in [6, 6.07) is 16.3. The zero-order valence-electron chi connectivity index (χ0n) is 17.1. The molecule has 1 fully saturated rings. The number of carbonyl (C=O) groups excluding carboxylic acids is 1.